The molecule has 8 heteroatoms. The first-order valence-electron chi connectivity index (χ1n) is 7.40. The third-order valence-corrected chi connectivity index (χ3v) is 3.99. The van der Waals surface area contributed by atoms with Gasteiger partial charge in [0.25, 0.3) is 11.8 Å². The van der Waals surface area contributed by atoms with Crippen LogP contribution in [-0.4, -0.2) is 52.5 Å². The Hall–Kier alpha value is -2.77. The van der Waals surface area contributed by atoms with Crippen molar-refractivity contribution >= 4 is 11.8 Å². The lowest BCUT2D eigenvalue weighted by Crippen LogP contribution is -2.37. The molecule has 2 aromatic rings. The SMILES string of the molecule is CN(C)C(=O)c1n[nH]c2c1CN(C(=O)c1ccc(F)cc1F)CC2. The Bertz CT molecular complexity index is 816. The van der Waals surface area contributed by atoms with Gasteiger partial charge in [-0.1, -0.05) is 0 Å². The molecule has 0 bridgehead atoms. The van der Waals surface area contributed by atoms with E-state index in [0.717, 1.165) is 17.8 Å². The van der Waals surface area contributed by atoms with Crippen LogP contribution in [0.1, 0.15) is 32.1 Å². The third kappa shape index (κ3) is 2.75. The molecule has 126 valence electrons. The van der Waals surface area contributed by atoms with Crippen molar-refractivity contribution in [2.75, 3.05) is 20.6 Å². The van der Waals surface area contributed by atoms with Crippen molar-refractivity contribution in [3.05, 3.63) is 52.3 Å². The Morgan fingerprint density at radius 2 is 2.04 bits per heavy atom. The highest BCUT2D eigenvalue weighted by atomic mass is 19.1. The molecule has 0 saturated carbocycles. The summed E-state index contributed by atoms with van der Waals surface area (Å²) >= 11 is 0. The van der Waals surface area contributed by atoms with E-state index in [0.29, 0.717) is 24.6 Å². The van der Waals surface area contributed by atoms with Gasteiger partial charge < -0.3 is 9.80 Å². The zero-order valence-electron chi connectivity index (χ0n) is 13.3. The molecule has 0 radical (unpaired) electrons. The number of hydrogen-bond donors (Lipinski definition) is 1. The van der Waals surface area contributed by atoms with E-state index in [1.165, 1.54) is 9.80 Å². The minimum absolute atomic E-state index is 0.149. The van der Waals surface area contributed by atoms with E-state index in [9.17, 15) is 18.4 Å². The number of amides is 2. The number of aromatic nitrogens is 2. The van der Waals surface area contributed by atoms with Gasteiger partial charge in [0.15, 0.2) is 5.69 Å². The summed E-state index contributed by atoms with van der Waals surface area (Å²) in [7, 11) is 3.23. The molecule has 2 heterocycles. The quantitative estimate of drug-likeness (QED) is 0.907. The molecule has 1 aromatic carbocycles. The number of nitrogens with zero attached hydrogens (tertiary/aromatic N) is 3. The Morgan fingerprint density at radius 1 is 1.29 bits per heavy atom. The van der Waals surface area contributed by atoms with Gasteiger partial charge >= 0.3 is 0 Å². The van der Waals surface area contributed by atoms with Gasteiger partial charge in [0.2, 0.25) is 0 Å². The molecule has 0 saturated heterocycles. The lowest BCUT2D eigenvalue weighted by Gasteiger charge is -2.27. The van der Waals surface area contributed by atoms with Gasteiger partial charge in [-0.25, -0.2) is 8.78 Å². The predicted octanol–water partition coefficient (Wildman–Crippen LogP) is 1.59. The topological polar surface area (TPSA) is 69.3 Å². The third-order valence-electron chi connectivity index (χ3n) is 3.99. The predicted molar refractivity (Wildman–Crippen MR) is 81.4 cm³/mol. The summed E-state index contributed by atoms with van der Waals surface area (Å²) < 4.78 is 26.8. The van der Waals surface area contributed by atoms with E-state index >= 15 is 0 Å². The van der Waals surface area contributed by atoms with E-state index in [-0.39, 0.29) is 23.7 Å². The monoisotopic (exact) mass is 334 g/mol. The Morgan fingerprint density at radius 3 is 2.71 bits per heavy atom. The number of H-pyrrole nitrogens is 1. The Balaban J connectivity index is 1.88. The van der Waals surface area contributed by atoms with Crippen LogP contribution in [0.3, 0.4) is 0 Å². The number of halogens is 2. The van der Waals surface area contributed by atoms with E-state index in [1.807, 2.05) is 0 Å². The molecular formula is C16H16F2N4O2. The highest BCUT2D eigenvalue weighted by Crippen LogP contribution is 2.23. The van der Waals surface area contributed by atoms with Crippen LogP contribution in [-0.2, 0) is 13.0 Å². The summed E-state index contributed by atoms with van der Waals surface area (Å²) in [6.07, 6.45) is 0.484. The highest BCUT2D eigenvalue weighted by molar-refractivity contribution is 5.96. The second-order valence-electron chi connectivity index (χ2n) is 5.83. The summed E-state index contributed by atoms with van der Waals surface area (Å²) in [6.45, 7) is 0.511. The second-order valence-corrected chi connectivity index (χ2v) is 5.83. The Kier molecular flexibility index (Phi) is 4.04. The zero-order chi connectivity index (χ0) is 17.4. The average molecular weight is 334 g/mol. The van der Waals surface area contributed by atoms with Crippen LogP contribution in [0, 0.1) is 11.6 Å². The van der Waals surface area contributed by atoms with E-state index in [2.05, 4.69) is 10.2 Å². The molecule has 24 heavy (non-hydrogen) atoms. The van der Waals surface area contributed by atoms with Gasteiger partial charge in [0, 0.05) is 44.4 Å². The van der Waals surface area contributed by atoms with Crippen LogP contribution in [0.2, 0.25) is 0 Å². The molecular weight excluding hydrogens is 318 g/mol. The fourth-order valence-corrected chi connectivity index (χ4v) is 2.69. The fourth-order valence-electron chi connectivity index (χ4n) is 2.69. The molecule has 1 aliphatic rings. The molecule has 0 unspecified atom stereocenters. The van der Waals surface area contributed by atoms with Crippen LogP contribution in [0.15, 0.2) is 18.2 Å². The summed E-state index contributed by atoms with van der Waals surface area (Å²) in [5, 5.41) is 6.86. The Labute approximate surface area is 137 Å². The van der Waals surface area contributed by atoms with Crippen LogP contribution >= 0.6 is 0 Å². The molecule has 0 spiro atoms. The molecule has 6 nitrogen and oxygen atoms in total. The molecule has 1 aliphatic heterocycles. The van der Waals surface area contributed by atoms with E-state index in [4.69, 9.17) is 0 Å². The van der Waals surface area contributed by atoms with E-state index in [1.54, 1.807) is 14.1 Å². The molecule has 1 aromatic heterocycles. The second kappa shape index (κ2) is 6.03. The standard InChI is InChI=1S/C16H16F2N4O2/c1-21(2)16(24)14-11-8-22(6-5-13(11)19-20-14)15(23)10-4-3-9(17)7-12(10)18/h3-4,7H,5-6,8H2,1-2H3,(H,19,20). The maximum Gasteiger partial charge on any atom is 0.274 e. The van der Waals surface area contributed by atoms with Crippen molar-refractivity contribution in [2.45, 2.75) is 13.0 Å². The number of fused-ring (bicyclic) bond motifs is 1. The number of hydrogen-bond acceptors (Lipinski definition) is 3. The van der Waals surface area contributed by atoms with Crippen molar-refractivity contribution in [3.63, 3.8) is 0 Å². The van der Waals surface area contributed by atoms with Crippen molar-refractivity contribution in [1.29, 1.82) is 0 Å². The summed E-state index contributed by atoms with van der Waals surface area (Å²) in [5.74, 6) is -2.45. The largest absolute Gasteiger partial charge is 0.343 e. The number of carbonyl (C=O) groups excluding carboxylic acids is 2. The van der Waals surface area contributed by atoms with Crippen LogP contribution in [0.5, 0.6) is 0 Å². The fraction of sp³-hybridized carbons (Fsp3) is 0.312. The molecule has 2 amide bonds. The van der Waals surface area contributed by atoms with Crippen LogP contribution in [0.4, 0.5) is 8.78 Å². The first-order valence-corrected chi connectivity index (χ1v) is 7.40. The van der Waals surface area contributed by atoms with E-state index < -0.39 is 17.5 Å². The first kappa shape index (κ1) is 16.1. The zero-order valence-corrected chi connectivity index (χ0v) is 13.3. The van der Waals surface area contributed by atoms with Gasteiger partial charge in [0.05, 0.1) is 12.1 Å². The number of benzene rings is 1. The van der Waals surface area contributed by atoms with Gasteiger partial charge in [-0.3, -0.25) is 14.7 Å². The van der Waals surface area contributed by atoms with Gasteiger partial charge in [0.1, 0.15) is 11.6 Å². The summed E-state index contributed by atoms with van der Waals surface area (Å²) in [4.78, 5) is 27.5. The maximum absolute atomic E-state index is 13.8. The number of nitrogens with one attached hydrogen (secondary N) is 1. The lowest BCUT2D eigenvalue weighted by molar-refractivity contribution is 0.0722. The van der Waals surface area contributed by atoms with Gasteiger partial charge in [-0.15, -0.1) is 0 Å². The van der Waals surface area contributed by atoms with Crippen molar-refractivity contribution in [3.8, 4) is 0 Å². The molecule has 1 N–H and O–H groups in total. The summed E-state index contributed by atoms with van der Waals surface area (Å²) in [6, 6.07) is 2.86. The van der Waals surface area contributed by atoms with Crippen molar-refractivity contribution in [2.24, 2.45) is 0 Å². The maximum atomic E-state index is 13.8. The summed E-state index contributed by atoms with van der Waals surface area (Å²) in [5.41, 5.74) is 1.50. The average Bonchev–Trinajstić information content (AvgIpc) is 2.96. The normalized spacial score (nSPS) is 13.6. The number of rotatable bonds is 2. The smallest absolute Gasteiger partial charge is 0.274 e. The van der Waals surface area contributed by atoms with Crippen LogP contribution < -0.4 is 0 Å². The lowest BCUT2D eigenvalue weighted by atomic mass is 10.0. The van der Waals surface area contributed by atoms with Gasteiger partial charge in [-0.2, -0.15) is 5.10 Å². The number of carbonyl (C=O) groups is 2. The molecule has 0 fully saturated rings. The number of aromatic amines is 1. The van der Waals surface area contributed by atoms with Crippen LogP contribution in [0.25, 0.3) is 0 Å². The minimum atomic E-state index is -0.900. The van der Waals surface area contributed by atoms with Crippen molar-refractivity contribution < 1.29 is 18.4 Å². The first-order chi connectivity index (χ1) is 11.4. The van der Waals surface area contributed by atoms with Gasteiger partial charge in [-0.05, 0) is 12.1 Å². The minimum Gasteiger partial charge on any atom is -0.343 e. The molecule has 3 rings (SSSR count). The highest BCUT2D eigenvalue weighted by Gasteiger charge is 2.29. The van der Waals surface area contributed by atoms with Crippen molar-refractivity contribution in [1.82, 2.24) is 20.0 Å². The molecule has 0 atom stereocenters. The molecule has 0 aliphatic carbocycles.